The molecule has 0 atom stereocenters. The molecule has 3 heteroatoms. The molecule has 0 unspecified atom stereocenters. The van der Waals surface area contributed by atoms with E-state index in [1.807, 2.05) is 25.8 Å². The molecule has 94 valence electrons. The molecule has 0 aromatic rings. The van der Waals surface area contributed by atoms with Gasteiger partial charge in [0.05, 0.1) is 0 Å². The van der Waals surface area contributed by atoms with Crippen molar-refractivity contribution in [3.63, 3.8) is 0 Å². The van der Waals surface area contributed by atoms with Crippen molar-refractivity contribution in [2.45, 2.75) is 47.1 Å². The van der Waals surface area contributed by atoms with E-state index < -0.39 is 0 Å². The molecule has 16 heavy (non-hydrogen) atoms. The van der Waals surface area contributed by atoms with Crippen LogP contribution in [0, 0.1) is 16.7 Å². The first-order valence-corrected chi connectivity index (χ1v) is 5.98. The molecule has 0 aromatic carbocycles. The lowest BCUT2D eigenvalue weighted by molar-refractivity contribution is -0.137. The molecular weight excluding hydrogens is 200 g/mol. The van der Waals surface area contributed by atoms with Crippen LogP contribution >= 0.6 is 0 Å². The van der Waals surface area contributed by atoms with Crippen molar-refractivity contribution in [2.75, 3.05) is 13.6 Å². The fraction of sp³-hybridized carbons (Fsp3) is 0.923. The lowest BCUT2D eigenvalue weighted by atomic mass is 10.0. The third kappa shape index (κ3) is 1.65. The summed E-state index contributed by atoms with van der Waals surface area (Å²) in [5.41, 5.74) is 5.65. The zero-order chi connectivity index (χ0) is 12.9. The van der Waals surface area contributed by atoms with Crippen LogP contribution in [0.5, 0.6) is 0 Å². The van der Waals surface area contributed by atoms with E-state index >= 15 is 0 Å². The molecule has 0 aromatic heterocycles. The molecule has 0 heterocycles. The molecule has 0 aliphatic heterocycles. The van der Waals surface area contributed by atoms with Gasteiger partial charge in [-0.1, -0.05) is 27.7 Å². The topological polar surface area (TPSA) is 46.3 Å². The Hall–Kier alpha value is -0.570. The number of carbonyl (C=O) groups excluding carboxylic acids is 1. The molecule has 1 rings (SSSR count). The maximum atomic E-state index is 12.4. The van der Waals surface area contributed by atoms with E-state index in [0.717, 1.165) is 0 Å². The van der Waals surface area contributed by atoms with Crippen molar-refractivity contribution in [3.8, 4) is 0 Å². The first kappa shape index (κ1) is 13.5. The second kappa shape index (κ2) is 3.46. The van der Waals surface area contributed by atoms with E-state index in [2.05, 4.69) is 27.7 Å². The standard InChI is InChI=1S/C13H26N2O/c1-11(2,8-14)15(7)10(16)9-12(3,4)13(9,5)6/h9H,8,14H2,1-7H3. The van der Waals surface area contributed by atoms with Crippen molar-refractivity contribution in [2.24, 2.45) is 22.5 Å². The van der Waals surface area contributed by atoms with Gasteiger partial charge in [-0.2, -0.15) is 0 Å². The summed E-state index contributed by atoms with van der Waals surface area (Å²) in [6.07, 6.45) is 0. The number of hydrogen-bond acceptors (Lipinski definition) is 2. The Labute approximate surface area is 99.4 Å². The van der Waals surface area contributed by atoms with Crippen LogP contribution in [0.1, 0.15) is 41.5 Å². The van der Waals surface area contributed by atoms with Gasteiger partial charge in [-0.25, -0.2) is 0 Å². The smallest absolute Gasteiger partial charge is 0.227 e. The second-order valence-electron chi connectivity index (χ2n) is 6.79. The Morgan fingerprint density at radius 2 is 1.62 bits per heavy atom. The average molecular weight is 226 g/mol. The molecule has 1 aliphatic carbocycles. The highest BCUT2D eigenvalue weighted by molar-refractivity contribution is 5.84. The van der Waals surface area contributed by atoms with Crippen molar-refractivity contribution in [1.29, 1.82) is 0 Å². The van der Waals surface area contributed by atoms with Crippen molar-refractivity contribution < 1.29 is 4.79 Å². The molecule has 3 nitrogen and oxygen atoms in total. The van der Waals surface area contributed by atoms with E-state index in [1.165, 1.54) is 0 Å². The van der Waals surface area contributed by atoms with Crippen LogP contribution < -0.4 is 5.73 Å². The van der Waals surface area contributed by atoms with Crippen LogP contribution in [0.2, 0.25) is 0 Å². The number of nitrogens with zero attached hydrogens (tertiary/aromatic N) is 1. The minimum atomic E-state index is -0.258. The minimum absolute atomic E-state index is 0.100. The van der Waals surface area contributed by atoms with Crippen molar-refractivity contribution in [1.82, 2.24) is 4.90 Å². The Morgan fingerprint density at radius 3 is 1.88 bits per heavy atom. The molecule has 1 aliphatic rings. The summed E-state index contributed by atoms with van der Waals surface area (Å²) in [6.45, 7) is 13.2. The fourth-order valence-corrected chi connectivity index (χ4v) is 2.44. The Balaban J connectivity index is 2.83. The monoisotopic (exact) mass is 226 g/mol. The Morgan fingerprint density at radius 1 is 1.25 bits per heavy atom. The van der Waals surface area contributed by atoms with Gasteiger partial charge >= 0.3 is 0 Å². The van der Waals surface area contributed by atoms with Crippen molar-refractivity contribution in [3.05, 3.63) is 0 Å². The summed E-state index contributed by atoms with van der Waals surface area (Å²) in [5, 5.41) is 0. The van der Waals surface area contributed by atoms with Crippen LogP contribution in [-0.4, -0.2) is 29.9 Å². The maximum absolute atomic E-state index is 12.4. The number of likely N-dealkylation sites (N-methyl/N-ethyl adjacent to an activating group) is 1. The first-order chi connectivity index (χ1) is 7.00. The quantitative estimate of drug-likeness (QED) is 0.798. The summed E-state index contributed by atoms with van der Waals surface area (Å²) >= 11 is 0. The number of nitrogens with two attached hydrogens (primary N) is 1. The highest BCUT2D eigenvalue weighted by Crippen LogP contribution is 2.68. The van der Waals surface area contributed by atoms with Crippen molar-refractivity contribution >= 4 is 5.91 Å². The van der Waals surface area contributed by atoms with E-state index in [4.69, 9.17) is 5.73 Å². The predicted octanol–water partition coefficient (Wildman–Crippen LogP) is 1.86. The van der Waals surface area contributed by atoms with Crippen LogP contribution in [0.3, 0.4) is 0 Å². The summed E-state index contributed by atoms with van der Waals surface area (Å²) in [6, 6.07) is 0. The summed E-state index contributed by atoms with van der Waals surface area (Å²) < 4.78 is 0. The van der Waals surface area contributed by atoms with Gasteiger partial charge < -0.3 is 10.6 Å². The van der Waals surface area contributed by atoms with Crippen LogP contribution in [0.4, 0.5) is 0 Å². The zero-order valence-electron chi connectivity index (χ0n) is 11.7. The molecule has 2 N–H and O–H groups in total. The highest BCUT2D eigenvalue weighted by atomic mass is 16.2. The number of hydrogen-bond donors (Lipinski definition) is 1. The van der Waals surface area contributed by atoms with E-state index in [-0.39, 0.29) is 28.2 Å². The van der Waals surface area contributed by atoms with Gasteiger partial charge in [-0.05, 0) is 24.7 Å². The lowest BCUT2D eigenvalue weighted by Crippen LogP contribution is -2.51. The number of rotatable bonds is 3. The number of amides is 1. The molecule has 0 bridgehead atoms. The SMILES string of the molecule is CN(C(=O)C1C(C)(C)C1(C)C)C(C)(C)CN. The predicted molar refractivity (Wildman–Crippen MR) is 67.0 cm³/mol. The highest BCUT2D eigenvalue weighted by Gasteiger charge is 2.69. The van der Waals surface area contributed by atoms with Crippen LogP contribution in [-0.2, 0) is 4.79 Å². The van der Waals surface area contributed by atoms with Gasteiger partial charge in [0.1, 0.15) is 0 Å². The average Bonchev–Trinajstić information content (AvgIpc) is 2.55. The molecular formula is C13H26N2O. The largest absolute Gasteiger partial charge is 0.339 e. The van der Waals surface area contributed by atoms with Crippen LogP contribution in [0.15, 0.2) is 0 Å². The van der Waals surface area contributed by atoms with Gasteiger partial charge in [0.25, 0.3) is 0 Å². The summed E-state index contributed by atoms with van der Waals surface area (Å²) in [4.78, 5) is 14.2. The lowest BCUT2D eigenvalue weighted by Gasteiger charge is -2.35. The molecule has 0 spiro atoms. The summed E-state index contributed by atoms with van der Waals surface area (Å²) in [5.74, 6) is 0.348. The first-order valence-electron chi connectivity index (χ1n) is 5.98. The van der Waals surface area contributed by atoms with Crippen LogP contribution in [0.25, 0.3) is 0 Å². The normalized spacial score (nSPS) is 23.0. The minimum Gasteiger partial charge on any atom is -0.339 e. The third-order valence-electron chi connectivity index (χ3n) is 5.01. The molecule has 0 saturated heterocycles. The molecule has 1 amide bonds. The molecule has 0 radical (unpaired) electrons. The van der Waals surface area contributed by atoms with E-state index in [0.29, 0.717) is 6.54 Å². The second-order valence-corrected chi connectivity index (χ2v) is 6.79. The Kier molecular flexibility index (Phi) is 2.92. The van der Waals surface area contributed by atoms with Gasteiger partial charge in [0.15, 0.2) is 0 Å². The maximum Gasteiger partial charge on any atom is 0.227 e. The van der Waals surface area contributed by atoms with E-state index in [1.54, 1.807) is 0 Å². The number of carbonyl (C=O) groups is 1. The Bertz CT molecular complexity index is 291. The molecule has 1 saturated carbocycles. The van der Waals surface area contributed by atoms with Gasteiger partial charge in [-0.15, -0.1) is 0 Å². The van der Waals surface area contributed by atoms with Gasteiger partial charge in [0, 0.05) is 25.0 Å². The van der Waals surface area contributed by atoms with Gasteiger partial charge in [0.2, 0.25) is 5.91 Å². The molecule has 1 fully saturated rings. The third-order valence-corrected chi connectivity index (χ3v) is 5.01. The zero-order valence-corrected chi connectivity index (χ0v) is 11.7. The summed E-state index contributed by atoms with van der Waals surface area (Å²) in [7, 11) is 1.86. The van der Waals surface area contributed by atoms with Gasteiger partial charge in [-0.3, -0.25) is 4.79 Å². The fourth-order valence-electron chi connectivity index (χ4n) is 2.44. The van der Waals surface area contributed by atoms with E-state index in [9.17, 15) is 4.79 Å².